The minimum Gasteiger partial charge on any atom is -0.372 e. The summed E-state index contributed by atoms with van der Waals surface area (Å²) in [5.74, 6) is 0.507. The second-order valence-corrected chi connectivity index (χ2v) is 8.44. The second-order valence-electron chi connectivity index (χ2n) is 6.83. The molecule has 0 fully saturated rings. The topological polar surface area (TPSA) is 79.0 Å². The van der Waals surface area contributed by atoms with Gasteiger partial charge < -0.3 is 14.5 Å². The van der Waals surface area contributed by atoms with Crippen LogP contribution in [0.15, 0.2) is 65.6 Å². The van der Waals surface area contributed by atoms with Crippen LogP contribution in [0.2, 0.25) is 0 Å². The van der Waals surface area contributed by atoms with Crippen LogP contribution in [0.3, 0.4) is 0 Å². The summed E-state index contributed by atoms with van der Waals surface area (Å²) in [4.78, 5) is 4.84. The maximum Gasteiger partial charge on any atom is 0.202 e. The molecule has 0 spiro atoms. The van der Waals surface area contributed by atoms with Crippen LogP contribution in [0.1, 0.15) is 13.8 Å². The fraction of sp³-hybridized carbons (Fsp3) is 0.200. The highest BCUT2D eigenvalue weighted by atomic mass is 32.2. The molecule has 7 heteroatoms. The smallest absolute Gasteiger partial charge is 0.202 e. The van der Waals surface area contributed by atoms with Crippen LogP contribution in [0.25, 0.3) is 26.7 Å². The molecule has 0 aliphatic rings. The number of nitrogens with zero attached hydrogens (tertiary/aromatic N) is 4. The van der Waals surface area contributed by atoms with Crippen LogP contribution in [-0.2, 0) is 16.6 Å². The maximum atomic E-state index is 12.7. The van der Waals surface area contributed by atoms with E-state index in [1.54, 1.807) is 22.9 Å². The standard InChI is InChI=1S/C20H19N4O2S/c1-14(2)13-24-20-17(12-15-8-6-7-11-18(15)21-20)19(22-24)23-27(25,26)16-9-4-3-5-10-16/h3-12,14H,13H2,1-2H3/q-1. The number of aromatic nitrogens is 3. The van der Waals surface area contributed by atoms with E-state index in [0.717, 1.165) is 10.9 Å². The van der Waals surface area contributed by atoms with Crippen molar-refractivity contribution in [2.75, 3.05) is 0 Å². The molecule has 0 saturated heterocycles. The molecule has 0 atom stereocenters. The van der Waals surface area contributed by atoms with E-state index in [9.17, 15) is 8.42 Å². The van der Waals surface area contributed by atoms with Gasteiger partial charge in [-0.25, -0.2) is 13.4 Å². The number of fused-ring (bicyclic) bond motifs is 2. The molecule has 2 heterocycles. The van der Waals surface area contributed by atoms with Gasteiger partial charge in [-0.3, -0.25) is 0 Å². The van der Waals surface area contributed by atoms with Crippen LogP contribution < -0.4 is 0 Å². The van der Waals surface area contributed by atoms with Crippen molar-refractivity contribution in [2.24, 2.45) is 5.92 Å². The van der Waals surface area contributed by atoms with E-state index in [1.807, 2.05) is 30.3 Å². The monoisotopic (exact) mass is 379 g/mol. The molecular formula is C20H19N4O2S-. The molecule has 0 N–H and O–H groups in total. The minimum absolute atomic E-state index is 0.144. The highest BCUT2D eigenvalue weighted by molar-refractivity contribution is 7.94. The molecular weight excluding hydrogens is 360 g/mol. The first-order valence-corrected chi connectivity index (χ1v) is 10.2. The second kappa shape index (κ2) is 6.66. The molecule has 6 nitrogen and oxygen atoms in total. The quantitative estimate of drug-likeness (QED) is 0.506. The maximum absolute atomic E-state index is 12.7. The molecule has 27 heavy (non-hydrogen) atoms. The van der Waals surface area contributed by atoms with Gasteiger partial charge in [0.05, 0.1) is 10.4 Å². The van der Waals surface area contributed by atoms with E-state index in [-0.39, 0.29) is 10.7 Å². The first kappa shape index (κ1) is 17.5. The van der Waals surface area contributed by atoms with Crippen molar-refractivity contribution < 1.29 is 8.42 Å². The molecule has 0 aliphatic carbocycles. The average molecular weight is 379 g/mol. The van der Waals surface area contributed by atoms with E-state index in [1.165, 1.54) is 12.1 Å². The molecule has 0 aliphatic heterocycles. The van der Waals surface area contributed by atoms with Gasteiger partial charge in [-0.1, -0.05) is 50.2 Å². The van der Waals surface area contributed by atoms with Gasteiger partial charge in [0.1, 0.15) is 5.65 Å². The molecule has 0 radical (unpaired) electrons. The third-order valence-corrected chi connectivity index (χ3v) is 5.47. The Hall–Kier alpha value is -2.93. The lowest BCUT2D eigenvalue weighted by Crippen LogP contribution is -2.06. The lowest BCUT2D eigenvalue weighted by atomic mass is 10.2. The van der Waals surface area contributed by atoms with Gasteiger partial charge in [0.15, 0.2) is 0 Å². The molecule has 0 bridgehead atoms. The predicted octanol–water partition coefficient (Wildman–Crippen LogP) is 4.63. The fourth-order valence-corrected chi connectivity index (χ4v) is 3.95. The highest BCUT2D eigenvalue weighted by Gasteiger charge is 2.14. The normalized spacial score (nSPS) is 12.1. The number of sulfonamides is 1. The zero-order chi connectivity index (χ0) is 19.0. The van der Waals surface area contributed by atoms with Crippen LogP contribution in [0.4, 0.5) is 5.82 Å². The number of para-hydroxylation sites is 1. The molecule has 2 aromatic carbocycles. The van der Waals surface area contributed by atoms with Crippen LogP contribution in [0.5, 0.6) is 0 Å². The molecule has 138 valence electrons. The SMILES string of the molecule is CC(C)Cn1nc([N-]S(=O)(=O)c2ccccc2)c2cc3ccccc3nc21. The third kappa shape index (κ3) is 3.38. The number of pyridine rings is 1. The summed E-state index contributed by atoms with van der Waals surface area (Å²) >= 11 is 0. The summed E-state index contributed by atoms with van der Waals surface area (Å²) in [7, 11) is -3.85. The van der Waals surface area contributed by atoms with Gasteiger partial charge in [0.2, 0.25) is 10.0 Å². The van der Waals surface area contributed by atoms with E-state index in [2.05, 4.69) is 23.7 Å². The Bertz CT molecular complexity index is 1210. The summed E-state index contributed by atoms with van der Waals surface area (Å²) in [6, 6.07) is 17.8. The summed E-state index contributed by atoms with van der Waals surface area (Å²) in [6.45, 7) is 4.78. The Kier molecular flexibility index (Phi) is 4.31. The lowest BCUT2D eigenvalue weighted by Gasteiger charge is -2.14. The minimum atomic E-state index is -3.85. The fourth-order valence-electron chi connectivity index (χ4n) is 2.98. The number of hydrogen-bond donors (Lipinski definition) is 0. The van der Waals surface area contributed by atoms with E-state index >= 15 is 0 Å². The first-order chi connectivity index (χ1) is 12.9. The molecule has 2 aromatic heterocycles. The Balaban J connectivity index is 1.88. The van der Waals surface area contributed by atoms with Gasteiger partial charge >= 0.3 is 0 Å². The summed E-state index contributed by atoms with van der Waals surface area (Å²) in [6.07, 6.45) is 0. The van der Waals surface area contributed by atoms with Gasteiger partial charge in [0.25, 0.3) is 0 Å². The number of hydrogen-bond acceptors (Lipinski definition) is 4. The van der Waals surface area contributed by atoms with Crippen LogP contribution in [-0.4, -0.2) is 23.2 Å². The summed E-state index contributed by atoms with van der Waals surface area (Å²) in [5, 5.41) is 6.02. The molecule has 0 saturated carbocycles. The van der Waals surface area contributed by atoms with Crippen molar-refractivity contribution in [3.8, 4) is 0 Å². The van der Waals surface area contributed by atoms with Gasteiger partial charge in [-0.15, -0.1) is 0 Å². The van der Waals surface area contributed by atoms with E-state index in [0.29, 0.717) is 23.5 Å². The number of benzene rings is 2. The van der Waals surface area contributed by atoms with Gasteiger partial charge in [-0.2, -0.15) is 0 Å². The van der Waals surface area contributed by atoms with Crippen molar-refractivity contribution >= 4 is 37.8 Å². The van der Waals surface area contributed by atoms with Crippen molar-refractivity contribution in [1.29, 1.82) is 0 Å². The van der Waals surface area contributed by atoms with Crippen LogP contribution in [0, 0.1) is 5.92 Å². The first-order valence-electron chi connectivity index (χ1n) is 8.73. The molecule has 0 unspecified atom stereocenters. The molecule has 4 rings (SSSR count). The van der Waals surface area contributed by atoms with Crippen molar-refractivity contribution in [3.63, 3.8) is 0 Å². The largest absolute Gasteiger partial charge is 0.372 e. The Morgan fingerprint density at radius 3 is 2.48 bits per heavy atom. The van der Waals surface area contributed by atoms with Gasteiger partial charge in [-0.05, 0) is 36.0 Å². The van der Waals surface area contributed by atoms with Gasteiger partial charge in [0, 0.05) is 17.3 Å². The molecule has 0 amide bonds. The van der Waals surface area contributed by atoms with Crippen molar-refractivity contribution in [3.05, 3.63) is 65.4 Å². The average Bonchev–Trinajstić information content (AvgIpc) is 2.96. The number of rotatable bonds is 5. The van der Waals surface area contributed by atoms with Crippen LogP contribution >= 0.6 is 0 Å². The zero-order valence-electron chi connectivity index (χ0n) is 15.1. The van der Waals surface area contributed by atoms with Crippen molar-refractivity contribution in [1.82, 2.24) is 14.8 Å². The molecule has 4 aromatic rings. The summed E-state index contributed by atoms with van der Waals surface area (Å²) in [5.41, 5.74) is 1.48. The Labute approximate surface area is 157 Å². The zero-order valence-corrected chi connectivity index (χ0v) is 15.9. The summed E-state index contributed by atoms with van der Waals surface area (Å²) < 4.78 is 31.2. The van der Waals surface area contributed by atoms with E-state index in [4.69, 9.17) is 4.98 Å². The predicted molar refractivity (Wildman–Crippen MR) is 107 cm³/mol. The Morgan fingerprint density at radius 2 is 1.74 bits per heavy atom. The lowest BCUT2D eigenvalue weighted by molar-refractivity contribution is 0.494. The van der Waals surface area contributed by atoms with E-state index < -0.39 is 10.0 Å². The highest BCUT2D eigenvalue weighted by Crippen LogP contribution is 2.34. The van der Waals surface area contributed by atoms with Crippen molar-refractivity contribution in [2.45, 2.75) is 25.3 Å². The third-order valence-electron chi connectivity index (χ3n) is 4.19. The Morgan fingerprint density at radius 1 is 1.04 bits per heavy atom.